The van der Waals surface area contributed by atoms with Gasteiger partial charge in [-0.15, -0.1) is 0 Å². The summed E-state index contributed by atoms with van der Waals surface area (Å²) in [4.78, 5) is 18.8. The Morgan fingerprint density at radius 1 is 1.20 bits per heavy atom. The maximum absolute atomic E-state index is 12.0. The molecule has 25 heavy (non-hydrogen) atoms. The van der Waals surface area contributed by atoms with Crippen LogP contribution in [0.1, 0.15) is 32.1 Å². The van der Waals surface area contributed by atoms with Gasteiger partial charge in [0.05, 0.1) is 25.1 Å². The highest BCUT2D eigenvalue weighted by atomic mass is 16.5. The lowest BCUT2D eigenvalue weighted by atomic mass is 9.96. The van der Waals surface area contributed by atoms with Crippen molar-refractivity contribution >= 4 is 17.5 Å². The van der Waals surface area contributed by atoms with Crippen LogP contribution in [-0.4, -0.2) is 61.3 Å². The second-order valence-electron chi connectivity index (χ2n) is 6.75. The summed E-state index contributed by atoms with van der Waals surface area (Å²) >= 11 is 0. The van der Waals surface area contributed by atoms with Gasteiger partial charge in [0.25, 0.3) is 0 Å². The fraction of sp³-hybridized carbons (Fsp3) is 0.667. The summed E-state index contributed by atoms with van der Waals surface area (Å²) < 4.78 is 5.34. The first-order chi connectivity index (χ1) is 12.3. The second-order valence-corrected chi connectivity index (χ2v) is 6.75. The first-order valence-corrected chi connectivity index (χ1v) is 9.37. The first-order valence-electron chi connectivity index (χ1n) is 9.37. The molecule has 2 amide bonds. The van der Waals surface area contributed by atoms with E-state index in [2.05, 4.69) is 25.8 Å². The third kappa shape index (κ3) is 6.17. The van der Waals surface area contributed by atoms with Crippen LogP contribution in [-0.2, 0) is 4.74 Å². The number of aromatic nitrogens is 1. The van der Waals surface area contributed by atoms with Gasteiger partial charge in [0.15, 0.2) is 0 Å². The fourth-order valence-electron chi connectivity index (χ4n) is 3.34. The van der Waals surface area contributed by atoms with Gasteiger partial charge in [0.1, 0.15) is 5.82 Å². The van der Waals surface area contributed by atoms with Gasteiger partial charge in [-0.05, 0) is 25.0 Å². The predicted octanol–water partition coefficient (Wildman–Crippen LogP) is 2.28. The van der Waals surface area contributed by atoms with Crippen molar-refractivity contribution in [2.45, 2.75) is 38.1 Å². The molecule has 3 rings (SSSR count). The largest absolute Gasteiger partial charge is 0.379 e. The van der Waals surface area contributed by atoms with E-state index in [0.29, 0.717) is 11.7 Å². The smallest absolute Gasteiger partial charge is 0.319 e. The Kier molecular flexibility index (Phi) is 6.88. The van der Waals surface area contributed by atoms with Gasteiger partial charge in [-0.1, -0.05) is 19.3 Å². The van der Waals surface area contributed by atoms with E-state index in [1.807, 2.05) is 12.1 Å². The highest BCUT2D eigenvalue weighted by Crippen LogP contribution is 2.17. The van der Waals surface area contributed by atoms with Crippen LogP contribution in [0.15, 0.2) is 18.3 Å². The molecule has 138 valence electrons. The van der Waals surface area contributed by atoms with E-state index in [4.69, 9.17) is 4.74 Å². The zero-order valence-electron chi connectivity index (χ0n) is 14.8. The summed E-state index contributed by atoms with van der Waals surface area (Å²) in [5.74, 6) is 0.825. The molecule has 2 heterocycles. The van der Waals surface area contributed by atoms with Crippen LogP contribution >= 0.6 is 0 Å². The third-order valence-electron chi connectivity index (χ3n) is 4.80. The number of hydrogen-bond acceptors (Lipinski definition) is 5. The Hall–Kier alpha value is -1.86. The van der Waals surface area contributed by atoms with E-state index in [0.717, 1.165) is 58.1 Å². The zero-order chi connectivity index (χ0) is 17.3. The molecule has 7 heteroatoms. The van der Waals surface area contributed by atoms with E-state index in [-0.39, 0.29) is 6.03 Å². The number of urea groups is 1. The number of nitrogens with one attached hydrogen (secondary N) is 3. The van der Waals surface area contributed by atoms with Crippen LogP contribution in [0, 0.1) is 0 Å². The maximum atomic E-state index is 12.0. The molecular weight excluding hydrogens is 318 g/mol. The van der Waals surface area contributed by atoms with Crippen molar-refractivity contribution in [2.24, 2.45) is 0 Å². The van der Waals surface area contributed by atoms with Crippen molar-refractivity contribution in [3.05, 3.63) is 18.3 Å². The Bertz CT molecular complexity index is 525. The number of nitrogens with zero attached hydrogens (tertiary/aromatic N) is 2. The quantitative estimate of drug-likeness (QED) is 0.736. The van der Waals surface area contributed by atoms with Crippen LogP contribution in [0.25, 0.3) is 0 Å². The van der Waals surface area contributed by atoms with Gasteiger partial charge >= 0.3 is 6.03 Å². The number of anilines is 2. The average molecular weight is 347 g/mol. The molecule has 0 bridgehead atoms. The molecule has 1 aliphatic heterocycles. The van der Waals surface area contributed by atoms with E-state index < -0.39 is 0 Å². The second kappa shape index (κ2) is 9.58. The molecule has 2 fully saturated rings. The third-order valence-corrected chi connectivity index (χ3v) is 4.80. The number of ether oxygens (including phenoxy) is 1. The van der Waals surface area contributed by atoms with Gasteiger partial charge in [0.2, 0.25) is 0 Å². The molecule has 2 aliphatic rings. The van der Waals surface area contributed by atoms with Crippen molar-refractivity contribution in [3.8, 4) is 0 Å². The molecule has 7 nitrogen and oxygen atoms in total. The topological polar surface area (TPSA) is 78.5 Å². The van der Waals surface area contributed by atoms with Gasteiger partial charge in [-0.2, -0.15) is 0 Å². The monoisotopic (exact) mass is 347 g/mol. The van der Waals surface area contributed by atoms with Crippen LogP contribution in [0.3, 0.4) is 0 Å². The minimum atomic E-state index is -0.137. The molecule has 0 radical (unpaired) electrons. The summed E-state index contributed by atoms with van der Waals surface area (Å²) in [6.45, 7) is 5.46. The molecule has 1 aliphatic carbocycles. The van der Waals surface area contributed by atoms with Crippen molar-refractivity contribution in [2.75, 3.05) is 50.0 Å². The van der Waals surface area contributed by atoms with Gasteiger partial charge in [-0.25, -0.2) is 9.78 Å². The van der Waals surface area contributed by atoms with Crippen LogP contribution in [0.2, 0.25) is 0 Å². The minimum Gasteiger partial charge on any atom is -0.379 e. The molecule has 1 aromatic heterocycles. The number of amides is 2. The van der Waals surface area contributed by atoms with Crippen molar-refractivity contribution in [1.29, 1.82) is 0 Å². The van der Waals surface area contributed by atoms with Crippen molar-refractivity contribution < 1.29 is 9.53 Å². The Morgan fingerprint density at radius 2 is 2.00 bits per heavy atom. The SMILES string of the molecule is O=C(Nc1ccc(NCCN2CCOCC2)nc1)NC1CCCCC1. The summed E-state index contributed by atoms with van der Waals surface area (Å²) in [5.41, 5.74) is 0.715. The molecule has 1 saturated heterocycles. The highest BCUT2D eigenvalue weighted by Gasteiger charge is 2.15. The van der Waals surface area contributed by atoms with E-state index in [9.17, 15) is 4.79 Å². The number of rotatable bonds is 6. The molecule has 1 saturated carbocycles. The predicted molar refractivity (Wildman–Crippen MR) is 99.0 cm³/mol. The number of morpholine rings is 1. The molecule has 3 N–H and O–H groups in total. The number of carbonyl (C=O) groups excluding carboxylic acids is 1. The lowest BCUT2D eigenvalue weighted by Crippen LogP contribution is -2.39. The lowest BCUT2D eigenvalue weighted by Gasteiger charge is -2.26. The van der Waals surface area contributed by atoms with Gasteiger partial charge < -0.3 is 20.7 Å². The van der Waals surface area contributed by atoms with Gasteiger partial charge in [-0.3, -0.25) is 4.90 Å². The van der Waals surface area contributed by atoms with Crippen LogP contribution in [0.4, 0.5) is 16.3 Å². The summed E-state index contributed by atoms with van der Waals surface area (Å²) in [5, 5.41) is 9.22. The minimum absolute atomic E-state index is 0.137. The summed E-state index contributed by atoms with van der Waals surface area (Å²) in [6, 6.07) is 3.95. The molecule has 1 aromatic rings. The molecule has 0 atom stereocenters. The van der Waals surface area contributed by atoms with E-state index in [1.165, 1.54) is 19.3 Å². The summed E-state index contributed by atoms with van der Waals surface area (Å²) in [6.07, 6.45) is 7.55. The van der Waals surface area contributed by atoms with E-state index in [1.54, 1.807) is 6.20 Å². The lowest BCUT2D eigenvalue weighted by molar-refractivity contribution is 0.0398. The summed E-state index contributed by atoms with van der Waals surface area (Å²) in [7, 11) is 0. The number of hydrogen-bond donors (Lipinski definition) is 3. The Morgan fingerprint density at radius 3 is 2.72 bits per heavy atom. The highest BCUT2D eigenvalue weighted by molar-refractivity contribution is 5.89. The normalized spacial score (nSPS) is 19.4. The van der Waals surface area contributed by atoms with Crippen molar-refractivity contribution in [3.63, 3.8) is 0 Å². The zero-order valence-corrected chi connectivity index (χ0v) is 14.8. The van der Waals surface area contributed by atoms with Crippen LogP contribution in [0.5, 0.6) is 0 Å². The van der Waals surface area contributed by atoms with Gasteiger partial charge in [0, 0.05) is 32.2 Å². The molecule has 0 spiro atoms. The molecule has 0 unspecified atom stereocenters. The average Bonchev–Trinajstić information content (AvgIpc) is 2.65. The number of pyridine rings is 1. The molecular formula is C18H29N5O2. The Labute approximate surface area is 149 Å². The van der Waals surface area contributed by atoms with E-state index >= 15 is 0 Å². The Balaban J connectivity index is 1.36. The molecule has 0 aromatic carbocycles. The van der Waals surface area contributed by atoms with Crippen LogP contribution < -0.4 is 16.0 Å². The first kappa shape index (κ1) is 17.9. The fourth-order valence-corrected chi connectivity index (χ4v) is 3.34. The maximum Gasteiger partial charge on any atom is 0.319 e. The number of carbonyl (C=O) groups is 1. The standard InChI is InChI=1S/C18H29N5O2/c24-18(21-15-4-2-1-3-5-15)22-16-6-7-17(20-14-16)19-8-9-23-10-12-25-13-11-23/h6-7,14-15H,1-5,8-13H2,(H,19,20)(H2,21,22,24). The van der Waals surface area contributed by atoms with Crippen molar-refractivity contribution in [1.82, 2.24) is 15.2 Å².